The zero-order valence-corrected chi connectivity index (χ0v) is 30.8. The van der Waals surface area contributed by atoms with Gasteiger partial charge in [-0.2, -0.15) is 0 Å². The zero-order valence-electron chi connectivity index (χ0n) is 30.8. The van der Waals surface area contributed by atoms with Crippen LogP contribution in [0.25, 0.3) is 10.4 Å². The first kappa shape index (κ1) is 40.9. The number of hydrogen-bond donors (Lipinski definition) is 3. The molecule has 0 spiro atoms. The number of amides is 1. The van der Waals surface area contributed by atoms with Crippen molar-refractivity contribution >= 4 is 17.8 Å². The van der Waals surface area contributed by atoms with Crippen LogP contribution in [0.4, 0.5) is 4.79 Å². The Bertz CT molecular complexity index is 1190. The third-order valence-corrected chi connectivity index (χ3v) is 10.7. The van der Waals surface area contributed by atoms with Crippen molar-refractivity contribution in [3.05, 3.63) is 10.4 Å². The highest BCUT2D eigenvalue weighted by atomic mass is 16.7. The fraction of sp³-hybridized carbons (Fsp3) is 0.912. The lowest BCUT2D eigenvalue weighted by atomic mass is 9.78. The van der Waals surface area contributed by atoms with Gasteiger partial charge in [-0.1, -0.05) is 32.3 Å². The molecule has 49 heavy (non-hydrogen) atoms. The Hall–Kier alpha value is -2.52. The van der Waals surface area contributed by atoms with E-state index in [1.54, 1.807) is 25.9 Å². The van der Waals surface area contributed by atoms with E-state index in [2.05, 4.69) is 22.3 Å². The van der Waals surface area contributed by atoms with Gasteiger partial charge in [-0.05, 0) is 84.7 Å². The number of aliphatic hydroxyl groups is 1. The Balaban J connectivity index is 1.99. The molecule has 15 heteroatoms. The van der Waals surface area contributed by atoms with Crippen LogP contribution in [-0.2, 0) is 33.3 Å². The maximum Gasteiger partial charge on any atom is 0.410 e. The summed E-state index contributed by atoms with van der Waals surface area (Å²) in [5, 5.41) is 18.1. The van der Waals surface area contributed by atoms with Crippen molar-refractivity contribution < 1.29 is 43.2 Å². The highest BCUT2D eigenvalue weighted by Crippen LogP contribution is 2.40. The predicted molar refractivity (Wildman–Crippen MR) is 181 cm³/mol. The molecule has 0 aromatic rings. The molecule has 3 aliphatic heterocycles. The van der Waals surface area contributed by atoms with Gasteiger partial charge in [0.1, 0.15) is 18.1 Å². The summed E-state index contributed by atoms with van der Waals surface area (Å²) in [4.78, 5) is 45.8. The van der Waals surface area contributed by atoms with E-state index in [1.165, 1.54) is 6.92 Å². The van der Waals surface area contributed by atoms with Crippen molar-refractivity contribution in [3.63, 3.8) is 0 Å². The molecule has 4 N–H and O–H groups in total. The lowest BCUT2D eigenvalue weighted by Gasteiger charge is -2.45. The van der Waals surface area contributed by atoms with Gasteiger partial charge in [0.05, 0.1) is 23.9 Å². The predicted octanol–water partition coefficient (Wildman–Crippen LogP) is 3.84. The molecular weight excluding hydrogens is 636 g/mol. The number of nitrogens with one attached hydrogen (secondary N) is 1. The number of carbonyl (C=O) groups is 3. The summed E-state index contributed by atoms with van der Waals surface area (Å²) >= 11 is 0. The van der Waals surface area contributed by atoms with Crippen molar-refractivity contribution in [2.75, 3.05) is 26.7 Å². The van der Waals surface area contributed by atoms with Crippen molar-refractivity contribution in [1.29, 1.82) is 0 Å². The number of fused-ring (bicyclic) bond motifs is 1. The quantitative estimate of drug-likeness (QED) is 0.0747. The first-order valence-corrected chi connectivity index (χ1v) is 17.8. The van der Waals surface area contributed by atoms with Crippen LogP contribution in [0.15, 0.2) is 5.11 Å². The Morgan fingerprint density at radius 2 is 1.84 bits per heavy atom. The number of cyclic esters (lactones) is 1. The van der Waals surface area contributed by atoms with Gasteiger partial charge in [-0.15, -0.1) is 0 Å². The molecule has 3 saturated heterocycles. The number of hydrogen-bond acceptors (Lipinski definition) is 12. The van der Waals surface area contributed by atoms with Crippen LogP contribution in [-0.4, -0.2) is 115 Å². The van der Waals surface area contributed by atoms with E-state index < -0.39 is 77.6 Å². The molecule has 13 atom stereocenters. The number of ether oxygens (including phenoxy) is 5. The van der Waals surface area contributed by atoms with Crippen LogP contribution in [0.5, 0.6) is 0 Å². The first-order chi connectivity index (χ1) is 23.0. The number of azide groups is 1. The highest BCUT2D eigenvalue weighted by Gasteiger charge is 2.58. The molecule has 3 unspecified atom stereocenters. The lowest BCUT2D eigenvalue weighted by Crippen LogP contribution is -2.61. The van der Waals surface area contributed by atoms with Crippen LogP contribution in [0.1, 0.15) is 93.9 Å². The lowest BCUT2D eigenvalue weighted by molar-refractivity contribution is -0.288. The fourth-order valence-corrected chi connectivity index (χ4v) is 7.89. The minimum Gasteiger partial charge on any atom is -0.458 e. The number of esters is 1. The molecule has 3 aliphatic rings. The largest absolute Gasteiger partial charge is 0.458 e. The maximum atomic E-state index is 14.1. The molecule has 0 aromatic carbocycles. The Labute approximate surface area is 290 Å². The number of unbranched alkanes of at least 4 members (excludes halogenated alkanes) is 2. The molecule has 1 amide bonds. The maximum absolute atomic E-state index is 14.1. The summed E-state index contributed by atoms with van der Waals surface area (Å²) < 4.78 is 30.7. The van der Waals surface area contributed by atoms with Crippen LogP contribution in [0.3, 0.4) is 0 Å². The average Bonchev–Trinajstić information content (AvgIpc) is 3.32. The Kier molecular flexibility index (Phi) is 14.7. The number of rotatable bonds is 10. The number of nitrogens with two attached hydrogens (primary N) is 1. The number of nitrogens with zero attached hydrogens (tertiary/aromatic N) is 4. The monoisotopic (exact) mass is 696 g/mol. The summed E-state index contributed by atoms with van der Waals surface area (Å²) in [6, 6.07) is -1.36. The van der Waals surface area contributed by atoms with Crippen molar-refractivity contribution in [2.24, 2.45) is 28.6 Å². The van der Waals surface area contributed by atoms with Gasteiger partial charge >= 0.3 is 12.1 Å². The minimum atomic E-state index is -1.21. The summed E-state index contributed by atoms with van der Waals surface area (Å²) in [7, 11) is 1.55. The van der Waals surface area contributed by atoms with Gasteiger partial charge in [-0.25, -0.2) is 4.79 Å². The molecule has 3 rings (SSSR count). The normalized spacial score (nSPS) is 41.2. The molecule has 0 bridgehead atoms. The van der Waals surface area contributed by atoms with E-state index in [9.17, 15) is 19.5 Å². The molecule has 0 saturated carbocycles. The van der Waals surface area contributed by atoms with Crippen molar-refractivity contribution in [1.82, 2.24) is 10.2 Å². The van der Waals surface area contributed by atoms with Crippen LogP contribution in [0.2, 0.25) is 0 Å². The third kappa shape index (κ3) is 9.43. The standard InChI is InChI=1S/C34H60N6O9/c1-10-25-34(8)28(40(32(44)49-34)15-13-11-12-14-38-39-36)23(6)37-18-19(2)17-33(7,45-9)29(21(4)26(41)22(5)30(43)47-25)48-31-27(42)24(35)16-20(3)46-31/h19-25,27-29,31,37,42H,10-18,35H2,1-9H3/t19-,20?,21+,22-,23-,24?,25-,27?,28-,29-,31+,33-,34-/m1/s1. The van der Waals surface area contributed by atoms with Gasteiger partial charge in [0.15, 0.2) is 17.7 Å². The molecule has 280 valence electrons. The molecule has 0 aromatic heterocycles. The van der Waals surface area contributed by atoms with Gasteiger partial charge in [0.25, 0.3) is 0 Å². The van der Waals surface area contributed by atoms with Crippen molar-refractivity contribution in [2.45, 2.75) is 154 Å². The van der Waals surface area contributed by atoms with Crippen LogP contribution in [0, 0.1) is 17.8 Å². The topological polar surface area (TPSA) is 208 Å². The zero-order chi connectivity index (χ0) is 36.7. The van der Waals surface area contributed by atoms with E-state index in [4.69, 9.17) is 34.9 Å². The molecule has 0 aliphatic carbocycles. The van der Waals surface area contributed by atoms with Gasteiger partial charge < -0.3 is 39.8 Å². The second-order valence-corrected chi connectivity index (χ2v) is 14.7. The third-order valence-electron chi connectivity index (χ3n) is 10.7. The van der Waals surface area contributed by atoms with Crippen LogP contribution >= 0.6 is 0 Å². The van der Waals surface area contributed by atoms with Crippen molar-refractivity contribution in [3.8, 4) is 0 Å². The molecule has 3 heterocycles. The average molecular weight is 697 g/mol. The van der Waals surface area contributed by atoms with E-state index in [0.29, 0.717) is 51.7 Å². The smallest absolute Gasteiger partial charge is 0.410 e. The molecular formula is C34H60N6O9. The minimum absolute atomic E-state index is 0.0139. The number of methoxy groups -OCH3 is 1. The number of Topliss-reactive ketones (excluding diaryl/α,β-unsaturated/α-hetero) is 1. The van der Waals surface area contributed by atoms with Gasteiger partial charge in [-0.3, -0.25) is 14.5 Å². The summed E-state index contributed by atoms with van der Waals surface area (Å²) in [6.07, 6.45) is -1.41. The van der Waals surface area contributed by atoms with Gasteiger partial charge in [0, 0.05) is 43.1 Å². The molecule has 3 fully saturated rings. The first-order valence-electron chi connectivity index (χ1n) is 17.8. The summed E-state index contributed by atoms with van der Waals surface area (Å²) in [5.41, 5.74) is 12.5. The highest BCUT2D eigenvalue weighted by molar-refractivity contribution is 6.00. The number of carbonyl (C=O) groups excluding carboxylic acids is 3. The Morgan fingerprint density at radius 1 is 1.14 bits per heavy atom. The van der Waals surface area contributed by atoms with E-state index in [0.717, 1.165) is 6.42 Å². The second kappa shape index (κ2) is 17.6. The summed E-state index contributed by atoms with van der Waals surface area (Å²) in [6.45, 7) is 15.9. The summed E-state index contributed by atoms with van der Waals surface area (Å²) in [5.74, 6) is -3.22. The second-order valence-electron chi connectivity index (χ2n) is 14.7. The Morgan fingerprint density at radius 3 is 2.47 bits per heavy atom. The van der Waals surface area contributed by atoms with E-state index in [-0.39, 0.29) is 18.1 Å². The van der Waals surface area contributed by atoms with E-state index >= 15 is 0 Å². The molecule has 0 radical (unpaired) electrons. The SMILES string of the molecule is CC[C@H]1OC(=O)[C@H](C)C(=O)[C@H](C)[C@@H](O[C@@H]2OC(C)CC(N)C2O)[C@](C)(OC)C[C@@H](C)CN[C@H](C)[C@H]2N(CCCCCN=[N+]=[N-])C(=O)O[C@]12C. The van der Waals surface area contributed by atoms with Crippen LogP contribution < -0.4 is 11.1 Å². The number of aliphatic hydroxyl groups excluding tert-OH is 1. The fourth-order valence-electron chi connectivity index (χ4n) is 7.89. The van der Waals surface area contributed by atoms with E-state index in [1.807, 2.05) is 27.7 Å². The van der Waals surface area contributed by atoms with Gasteiger partial charge in [0.2, 0.25) is 0 Å². The molecule has 15 nitrogen and oxygen atoms in total. The number of ketones is 1.